The maximum Gasteiger partial charge on any atom is 0.0924 e. The third-order valence-corrected chi connectivity index (χ3v) is 2.60. The van der Waals surface area contributed by atoms with Crippen LogP contribution in [0.15, 0.2) is 42.9 Å². The first-order chi connectivity index (χ1) is 8.18. The van der Waals surface area contributed by atoms with Crippen LogP contribution in [-0.2, 0) is 7.05 Å². The van der Waals surface area contributed by atoms with Crippen LogP contribution in [0.25, 0.3) is 24.5 Å². The molecule has 2 heterocycles. The second kappa shape index (κ2) is 4.70. The van der Waals surface area contributed by atoms with E-state index in [1.807, 2.05) is 41.9 Å². The van der Waals surface area contributed by atoms with Crippen molar-refractivity contribution >= 4 is 13.2 Å². The van der Waals surface area contributed by atoms with E-state index in [2.05, 4.69) is 23.1 Å². The number of nitrogens with one attached hydrogen (secondary N) is 1. The summed E-state index contributed by atoms with van der Waals surface area (Å²) in [6.45, 7) is 8.01. The number of aromatic nitrogens is 3. The van der Waals surface area contributed by atoms with Gasteiger partial charge in [-0.1, -0.05) is 31.4 Å². The monoisotopic (exact) mass is 225 g/mol. The van der Waals surface area contributed by atoms with Crippen molar-refractivity contribution in [3.05, 3.63) is 53.4 Å². The van der Waals surface area contributed by atoms with Crippen LogP contribution in [0.5, 0.6) is 0 Å². The quantitative estimate of drug-likeness (QED) is 0.781. The summed E-state index contributed by atoms with van der Waals surface area (Å²) < 4.78 is 2.00. The summed E-state index contributed by atoms with van der Waals surface area (Å²) in [5, 5.41) is 1.84. The molecule has 0 amide bonds. The van der Waals surface area contributed by atoms with E-state index in [1.165, 1.54) is 0 Å². The Morgan fingerprint density at radius 2 is 2.00 bits per heavy atom. The van der Waals surface area contributed by atoms with Gasteiger partial charge in [-0.2, -0.15) is 0 Å². The number of nitrogens with zero attached hydrogens (tertiary/aromatic N) is 2. The summed E-state index contributed by atoms with van der Waals surface area (Å²) in [6.07, 6.45) is 3.45. The molecule has 0 aliphatic heterocycles. The Morgan fingerprint density at radius 1 is 1.24 bits per heavy atom. The fourth-order valence-corrected chi connectivity index (χ4v) is 1.59. The second-order valence-corrected chi connectivity index (χ2v) is 3.84. The summed E-state index contributed by atoms with van der Waals surface area (Å²) in [5.41, 5.74) is 1.94. The Labute approximate surface area is 100 Å². The zero-order chi connectivity index (χ0) is 12.3. The van der Waals surface area contributed by atoms with Crippen LogP contribution in [0, 0.1) is 0 Å². The van der Waals surface area contributed by atoms with Gasteiger partial charge in [0.05, 0.1) is 23.9 Å². The Morgan fingerprint density at radius 3 is 2.71 bits per heavy atom. The van der Waals surface area contributed by atoms with Gasteiger partial charge < -0.3 is 9.55 Å². The summed E-state index contributed by atoms with van der Waals surface area (Å²) in [5.74, 6) is 0. The van der Waals surface area contributed by atoms with E-state index in [4.69, 9.17) is 0 Å². The highest BCUT2D eigenvalue weighted by molar-refractivity contribution is 5.52. The fourth-order valence-electron chi connectivity index (χ4n) is 1.59. The molecule has 17 heavy (non-hydrogen) atoms. The molecule has 0 saturated carbocycles. The van der Waals surface area contributed by atoms with E-state index in [-0.39, 0.29) is 0 Å². The fraction of sp³-hybridized carbons (Fsp3) is 0.0714. The van der Waals surface area contributed by atoms with E-state index >= 15 is 0 Å². The number of H-pyrrole nitrogens is 1. The molecule has 0 saturated heterocycles. The molecular formula is C14H15N3. The van der Waals surface area contributed by atoms with E-state index < -0.39 is 0 Å². The molecule has 2 rings (SSSR count). The number of aromatic amines is 1. The van der Waals surface area contributed by atoms with Crippen molar-refractivity contribution in [3.8, 4) is 11.4 Å². The van der Waals surface area contributed by atoms with Crippen LogP contribution < -0.4 is 10.6 Å². The first-order valence-corrected chi connectivity index (χ1v) is 5.35. The van der Waals surface area contributed by atoms with Crippen molar-refractivity contribution in [2.75, 3.05) is 0 Å². The maximum atomic E-state index is 4.04. The van der Waals surface area contributed by atoms with Gasteiger partial charge >= 0.3 is 0 Å². The molecule has 0 aliphatic rings. The van der Waals surface area contributed by atoms with Crippen LogP contribution in [0.1, 0.15) is 0 Å². The molecular weight excluding hydrogens is 210 g/mol. The van der Waals surface area contributed by atoms with Crippen LogP contribution in [0.3, 0.4) is 0 Å². The lowest BCUT2D eigenvalue weighted by Crippen LogP contribution is -2.15. The second-order valence-electron chi connectivity index (χ2n) is 3.84. The predicted octanol–water partition coefficient (Wildman–Crippen LogP) is 1.36. The lowest BCUT2D eigenvalue weighted by atomic mass is 10.3. The summed E-state index contributed by atoms with van der Waals surface area (Å²) in [4.78, 5) is 7.14. The van der Waals surface area contributed by atoms with Crippen LogP contribution >= 0.6 is 0 Å². The van der Waals surface area contributed by atoms with Crippen molar-refractivity contribution < 1.29 is 0 Å². The molecule has 86 valence electrons. The Kier molecular flexibility index (Phi) is 3.10. The molecule has 0 fully saturated rings. The first-order valence-electron chi connectivity index (χ1n) is 5.35. The van der Waals surface area contributed by atoms with Crippen molar-refractivity contribution in [2.45, 2.75) is 0 Å². The minimum atomic E-state index is 0.908. The van der Waals surface area contributed by atoms with Crippen LogP contribution in [0.2, 0.25) is 0 Å². The molecule has 2 aromatic heterocycles. The molecule has 1 N–H and O–H groups in total. The highest BCUT2D eigenvalue weighted by Gasteiger charge is 1.99. The topological polar surface area (TPSA) is 33.6 Å². The number of imidazole rings is 1. The van der Waals surface area contributed by atoms with Crippen LogP contribution in [0.4, 0.5) is 0 Å². The van der Waals surface area contributed by atoms with E-state index in [9.17, 15) is 0 Å². The zero-order valence-electron chi connectivity index (χ0n) is 9.85. The summed E-state index contributed by atoms with van der Waals surface area (Å²) in [6, 6.07) is 9.82. The summed E-state index contributed by atoms with van der Waals surface area (Å²) >= 11 is 0. The molecule has 0 radical (unpaired) electrons. The van der Waals surface area contributed by atoms with Gasteiger partial charge in [-0.25, -0.2) is 4.98 Å². The van der Waals surface area contributed by atoms with E-state index in [1.54, 1.807) is 12.5 Å². The molecule has 0 atom stereocenters. The lowest BCUT2D eigenvalue weighted by Gasteiger charge is -2.04. The predicted molar refractivity (Wildman–Crippen MR) is 70.9 cm³/mol. The lowest BCUT2D eigenvalue weighted by molar-refractivity contribution is 0.882. The Balaban J connectivity index is 2.88. The van der Waals surface area contributed by atoms with Gasteiger partial charge in [-0.05, 0) is 17.4 Å². The summed E-state index contributed by atoms with van der Waals surface area (Å²) in [7, 11) is 1.97. The van der Waals surface area contributed by atoms with Crippen molar-refractivity contribution in [1.29, 1.82) is 0 Å². The average molecular weight is 225 g/mol. The maximum absolute atomic E-state index is 4.04. The van der Waals surface area contributed by atoms with Crippen molar-refractivity contribution in [1.82, 2.24) is 14.5 Å². The van der Waals surface area contributed by atoms with E-state index in [0.717, 1.165) is 22.0 Å². The minimum Gasteiger partial charge on any atom is -0.343 e. The highest BCUT2D eigenvalue weighted by Crippen LogP contribution is 2.09. The van der Waals surface area contributed by atoms with Crippen molar-refractivity contribution in [3.63, 3.8) is 0 Å². The molecule has 2 aromatic rings. The molecule has 3 nitrogen and oxygen atoms in total. The van der Waals surface area contributed by atoms with E-state index in [0.29, 0.717) is 0 Å². The molecule has 3 heteroatoms. The minimum absolute atomic E-state index is 0.908. The van der Waals surface area contributed by atoms with Gasteiger partial charge in [0.25, 0.3) is 0 Å². The number of hydrogen-bond donors (Lipinski definition) is 1. The molecule has 0 unspecified atom stereocenters. The average Bonchev–Trinajstić information content (AvgIpc) is 2.83. The third-order valence-electron chi connectivity index (χ3n) is 2.60. The molecule has 0 aliphatic carbocycles. The Hall–Kier alpha value is -2.29. The van der Waals surface area contributed by atoms with Gasteiger partial charge in [0.1, 0.15) is 0 Å². The SMILES string of the molecule is C=c1ccccc(=C)n(C)c(-c2cnc[nH]2)c1. The third kappa shape index (κ3) is 2.45. The standard InChI is InChI=1S/C14H15N3/c1-11-6-4-5-7-12(2)17(3)14(8-11)13-9-15-10-16-13/h4-10H,1-2H2,3H3,(H,15,16). The van der Waals surface area contributed by atoms with Gasteiger partial charge in [0.2, 0.25) is 0 Å². The highest BCUT2D eigenvalue weighted by atomic mass is 15.0. The number of rotatable bonds is 1. The zero-order valence-corrected chi connectivity index (χ0v) is 9.85. The van der Waals surface area contributed by atoms with Gasteiger partial charge in [0, 0.05) is 12.4 Å². The molecule has 0 aromatic carbocycles. The largest absolute Gasteiger partial charge is 0.343 e. The van der Waals surface area contributed by atoms with Crippen molar-refractivity contribution in [2.24, 2.45) is 7.05 Å². The van der Waals surface area contributed by atoms with Gasteiger partial charge in [0.15, 0.2) is 0 Å². The normalized spacial score (nSPS) is 9.94. The molecule has 0 spiro atoms. The first kappa shape index (κ1) is 11.2. The Bertz CT molecular complexity index is 649. The van der Waals surface area contributed by atoms with Crippen LogP contribution in [-0.4, -0.2) is 14.5 Å². The smallest absolute Gasteiger partial charge is 0.0924 e. The number of hydrogen-bond acceptors (Lipinski definition) is 1. The molecule has 0 bridgehead atoms. The van der Waals surface area contributed by atoms with Gasteiger partial charge in [-0.15, -0.1) is 0 Å². The van der Waals surface area contributed by atoms with Gasteiger partial charge in [-0.3, -0.25) is 0 Å².